The predicted octanol–water partition coefficient (Wildman–Crippen LogP) is 4.39. The zero-order chi connectivity index (χ0) is 15.2. The van der Waals surface area contributed by atoms with E-state index in [9.17, 15) is 4.79 Å². The first-order valence-electron chi connectivity index (χ1n) is 6.59. The quantitative estimate of drug-likeness (QED) is 0.823. The maximum absolute atomic E-state index is 11.9. The van der Waals surface area contributed by atoms with Gasteiger partial charge in [0.1, 0.15) is 0 Å². The van der Waals surface area contributed by atoms with Crippen LogP contribution in [-0.2, 0) is 4.79 Å². The molecule has 0 radical (unpaired) electrons. The molecule has 0 saturated heterocycles. The molecule has 0 spiro atoms. The lowest BCUT2D eigenvalue weighted by Crippen LogP contribution is -2.30. The third kappa shape index (κ3) is 5.16. The molecule has 0 bridgehead atoms. The molecule has 2 rings (SSSR count). The summed E-state index contributed by atoms with van der Waals surface area (Å²) >= 11 is 9.33. The van der Waals surface area contributed by atoms with Gasteiger partial charge in [0.15, 0.2) is 0 Å². The molecule has 2 N–H and O–H groups in total. The Kier molecular flexibility index (Phi) is 5.79. The minimum atomic E-state index is -0.0815. The summed E-state index contributed by atoms with van der Waals surface area (Å²) in [6.07, 6.45) is 0. The topological polar surface area (TPSA) is 41.1 Å². The first-order chi connectivity index (χ1) is 10.0. The van der Waals surface area contributed by atoms with Crippen LogP contribution >= 0.6 is 27.5 Å². The van der Waals surface area contributed by atoms with Crippen LogP contribution in [0.5, 0.6) is 0 Å². The predicted molar refractivity (Wildman–Crippen MR) is 90.6 cm³/mol. The summed E-state index contributed by atoms with van der Waals surface area (Å²) in [6.45, 7) is 2.23. The fourth-order valence-electron chi connectivity index (χ4n) is 1.91. The van der Waals surface area contributed by atoms with E-state index < -0.39 is 0 Å². The van der Waals surface area contributed by atoms with Crippen LogP contribution in [0.25, 0.3) is 0 Å². The summed E-state index contributed by atoms with van der Waals surface area (Å²) in [5.74, 6) is -0.0815. The Morgan fingerprint density at radius 3 is 2.71 bits per heavy atom. The zero-order valence-electron chi connectivity index (χ0n) is 11.6. The number of hydrogen-bond acceptors (Lipinski definition) is 2. The third-order valence-electron chi connectivity index (χ3n) is 3.03. The normalized spacial score (nSPS) is 12.0. The van der Waals surface area contributed by atoms with Crippen molar-refractivity contribution < 1.29 is 4.79 Å². The van der Waals surface area contributed by atoms with E-state index in [0.29, 0.717) is 5.02 Å². The van der Waals surface area contributed by atoms with Crippen LogP contribution in [0.4, 0.5) is 5.69 Å². The molecule has 0 aliphatic rings. The number of nitrogens with one attached hydrogen (secondary N) is 2. The van der Waals surface area contributed by atoms with Gasteiger partial charge in [0.05, 0.1) is 6.54 Å². The van der Waals surface area contributed by atoms with Crippen molar-refractivity contribution in [3.63, 3.8) is 0 Å². The minimum absolute atomic E-state index is 0.0527. The number of rotatable bonds is 5. The maximum Gasteiger partial charge on any atom is 0.238 e. The van der Waals surface area contributed by atoms with Crippen molar-refractivity contribution in [1.29, 1.82) is 0 Å². The Balaban J connectivity index is 1.86. The highest BCUT2D eigenvalue weighted by atomic mass is 79.9. The van der Waals surface area contributed by atoms with Crippen molar-refractivity contribution in [2.24, 2.45) is 0 Å². The molecule has 1 atom stereocenters. The Labute approximate surface area is 137 Å². The highest BCUT2D eigenvalue weighted by Gasteiger charge is 2.08. The number of carbonyl (C=O) groups excluding carboxylic acids is 1. The van der Waals surface area contributed by atoms with E-state index in [1.165, 1.54) is 0 Å². The molecular formula is C16H16BrClN2O. The Morgan fingerprint density at radius 2 is 2.00 bits per heavy atom. The summed E-state index contributed by atoms with van der Waals surface area (Å²) in [5, 5.41) is 6.72. The number of halogens is 2. The van der Waals surface area contributed by atoms with Gasteiger partial charge in [0, 0.05) is 21.2 Å². The molecule has 0 unspecified atom stereocenters. The lowest BCUT2D eigenvalue weighted by Gasteiger charge is -2.14. The average molecular weight is 368 g/mol. The van der Waals surface area contributed by atoms with Crippen LogP contribution in [0.1, 0.15) is 18.5 Å². The zero-order valence-corrected chi connectivity index (χ0v) is 13.9. The summed E-state index contributed by atoms with van der Waals surface area (Å²) in [7, 11) is 0. The molecule has 0 aliphatic carbocycles. The Hall–Kier alpha value is -1.36. The number of carbonyl (C=O) groups is 1. The highest BCUT2D eigenvalue weighted by molar-refractivity contribution is 9.10. The van der Waals surface area contributed by atoms with Crippen molar-refractivity contribution in [1.82, 2.24) is 5.32 Å². The second-order valence-corrected chi connectivity index (χ2v) is 6.07. The van der Waals surface area contributed by atoms with Gasteiger partial charge in [0.2, 0.25) is 5.91 Å². The van der Waals surface area contributed by atoms with E-state index in [0.717, 1.165) is 15.7 Å². The standard InChI is InChI=1S/C16H16BrClN2O/c1-11(12-4-2-6-14(18)8-12)19-10-16(21)20-15-7-3-5-13(17)9-15/h2-9,11,19H,10H2,1H3,(H,20,21)/t11-/m0/s1. The van der Waals surface area contributed by atoms with Gasteiger partial charge < -0.3 is 10.6 Å². The summed E-state index contributed by atoms with van der Waals surface area (Å²) in [6, 6.07) is 15.2. The molecule has 21 heavy (non-hydrogen) atoms. The van der Waals surface area contributed by atoms with Crippen molar-refractivity contribution in [2.45, 2.75) is 13.0 Å². The highest BCUT2D eigenvalue weighted by Crippen LogP contribution is 2.17. The van der Waals surface area contributed by atoms with Gasteiger partial charge in [0.25, 0.3) is 0 Å². The van der Waals surface area contributed by atoms with Gasteiger partial charge in [-0.25, -0.2) is 0 Å². The average Bonchev–Trinajstić information content (AvgIpc) is 2.45. The first-order valence-corrected chi connectivity index (χ1v) is 7.76. The number of anilines is 1. The summed E-state index contributed by atoms with van der Waals surface area (Å²) in [5.41, 5.74) is 1.82. The molecule has 0 saturated carbocycles. The van der Waals surface area contributed by atoms with Gasteiger partial charge in [-0.1, -0.05) is 45.7 Å². The fraction of sp³-hybridized carbons (Fsp3) is 0.188. The summed E-state index contributed by atoms with van der Waals surface area (Å²) < 4.78 is 0.931. The van der Waals surface area contributed by atoms with Crippen LogP contribution in [-0.4, -0.2) is 12.5 Å². The number of hydrogen-bond donors (Lipinski definition) is 2. The van der Waals surface area contributed by atoms with Gasteiger partial charge in [-0.2, -0.15) is 0 Å². The molecule has 5 heteroatoms. The lowest BCUT2D eigenvalue weighted by atomic mass is 10.1. The minimum Gasteiger partial charge on any atom is -0.325 e. The van der Waals surface area contributed by atoms with Crippen LogP contribution in [0.2, 0.25) is 5.02 Å². The SMILES string of the molecule is C[C@H](NCC(=O)Nc1cccc(Br)c1)c1cccc(Cl)c1. The third-order valence-corrected chi connectivity index (χ3v) is 3.75. The molecular weight excluding hydrogens is 352 g/mol. The molecule has 110 valence electrons. The van der Waals surface area contributed by atoms with E-state index in [4.69, 9.17) is 11.6 Å². The Morgan fingerprint density at radius 1 is 1.24 bits per heavy atom. The van der Waals surface area contributed by atoms with E-state index in [1.807, 2.05) is 55.5 Å². The van der Waals surface area contributed by atoms with E-state index in [1.54, 1.807) is 0 Å². The van der Waals surface area contributed by atoms with Gasteiger partial charge >= 0.3 is 0 Å². The van der Waals surface area contributed by atoms with Crippen LogP contribution in [0.3, 0.4) is 0 Å². The number of benzene rings is 2. The van der Waals surface area contributed by atoms with Crippen molar-refractivity contribution in [3.05, 3.63) is 63.6 Å². The first kappa shape index (κ1) is 16.0. The molecule has 2 aromatic rings. The molecule has 1 amide bonds. The number of amides is 1. The molecule has 0 aromatic heterocycles. The second kappa shape index (κ2) is 7.59. The molecule has 2 aromatic carbocycles. The van der Waals surface area contributed by atoms with Crippen molar-refractivity contribution >= 4 is 39.1 Å². The largest absolute Gasteiger partial charge is 0.325 e. The summed E-state index contributed by atoms with van der Waals surface area (Å²) in [4.78, 5) is 11.9. The van der Waals surface area contributed by atoms with E-state index in [-0.39, 0.29) is 18.5 Å². The monoisotopic (exact) mass is 366 g/mol. The molecule has 3 nitrogen and oxygen atoms in total. The van der Waals surface area contributed by atoms with E-state index >= 15 is 0 Å². The smallest absolute Gasteiger partial charge is 0.238 e. The van der Waals surface area contributed by atoms with Crippen LogP contribution < -0.4 is 10.6 Å². The maximum atomic E-state index is 11.9. The van der Waals surface area contributed by atoms with Crippen molar-refractivity contribution in [3.8, 4) is 0 Å². The van der Waals surface area contributed by atoms with E-state index in [2.05, 4.69) is 26.6 Å². The molecule has 0 heterocycles. The molecule has 0 aliphatic heterocycles. The lowest BCUT2D eigenvalue weighted by molar-refractivity contribution is -0.115. The van der Waals surface area contributed by atoms with Crippen LogP contribution in [0, 0.1) is 0 Å². The second-order valence-electron chi connectivity index (χ2n) is 4.72. The Bertz CT molecular complexity index is 633. The van der Waals surface area contributed by atoms with Gasteiger partial charge in [-0.05, 0) is 42.8 Å². The van der Waals surface area contributed by atoms with Gasteiger partial charge in [-0.15, -0.1) is 0 Å². The fourth-order valence-corrected chi connectivity index (χ4v) is 2.51. The van der Waals surface area contributed by atoms with Crippen LogP contribution in [0.15, 0.2) is 53.0 Å². The van der Waals surface area contributed by atoms with Gasteiger partial charge in [-0.3, -0.25) is 4.79 Å². The van der Waals surface area contributed by atoms with Crippen molar-refractivity contribution in [2.75, 3.05) is 11.9 Å². The molecule has 0 fully saturated rings.